The Labute approximate surface area is 116 Å². The van der Waals surface area contributed by atoms with Crippen molar-refractivity contribution in [1.29, 1.82) is 0 Å². The molecule has 0 fully saturated rings. The predicted molar refractivity (Wildman–Crippen MR) is 74.4 cm³/mol. The van der Waals surface area contributed by atoms with Crippen molar-refractivity contribution in [3.63, 3.8) is 0 Å². The molecule has 20 heavy (non-hydrogen) atoms. The van der Waals surface area contributed by atoms with Crippen molar-refractivity contribution in [2.75, 3.05) is 0 Å². The molecular formula is C16H14O4. The lowest BCUT2D eigenvalue weighted by Crippen LogP contribution is -1.95. The smallest absolute Gasteiger partial charge is 0.163 e. The van der Waals surface area contributed by atoms with Crippen LogP contribution in [0.3, 0.4) is 0 Å². The van der Waals surface area contributed by atoms with Gasteiger partial charge in [0.15, 0.2) is 12.1 Å². The number of carbonyl (C=O) groups excluding carboxylic acids is 2. The summed E-state index contributed by atoms with van der Waals surface area (Å²) < 4.78 is 0. The van der Waals surface area contributed by atoms with Crippen molar-refractivity contribution in [2.45, 2.75) is 13.3 Å². The van der Waals surface area contributed by atoms with Gasteiger partial charge < -0.3 is 10.2 Å². The van der Waals surface area contributed by atoms with Crippen LogP contribution in [-0.2, 0) is 6.42 Å². The first-order chi connectivity index (χ1) is 9.51. The third-order valence-electron chi connectivity index (χ3n) is 3.07. The summed E-state index contributed by atoms with van der Waals surface area (Å²) in [6.45, 7) is 1.39. The Balaban J connectivity index is 2.26. The van der Waals surface area contributed by atoms with Crippen LogP contribution in [0.25, 0.3) is 0 Å². The van der Waals surface area contributed by atoms with Crippen LogP contribution in [0.5, 0.6) is 11.5 Å². The standard InChI is InChI=1S/C16H14O4/c1-10(18)14-5-3-12(8-16(14)20)6-11-2-4-13(9-17)15(19)7-11/h2-5,7-9,19-20H,6H2,1H3. The van der Waals surface area contributed by atoms with Crippen LogP contribution >= 0.6 is 0 Å². The molecule has 2 rings (SSSR count). The molecular weight excluding hydrogens is 256 g/mol. The van der Waals surface area contributed by atoms with Gasteiger partial charge in [0.25, 0.3) is 0 Å². The summed E-state index contributed by atoms with van der Waals surface area (Å²) in [5.74, 6) is -0.312. The van der Waals surface area contributed by atoms with Crippen LogP contribution in [0.4, 0.5) is 0 Å². The van der Waals surface area contributed by atoms with Gasteiger partial charge in [-0.05, 0) is 48.7 Å². The fraction of sp³-hybridized carbons (Fsp3) is 0.125. The van der Waals surface area contributed by atoms with Gasteiger partial charge >= 0.3 is 0 Å². The van der Waals surface area contributed by atoms with E-state index in [0.717, 1.165) is 11.1 Å². The average molecular weight is 270 g/mol. The molecule has 2 N–H and O–H groups in total. The number of Topliss-reactive ketones (excluding diaryl/α,β-unsaturated/α-hetero) is 1. The molecule has 0 radical (unpaired) electrons. The highest BCUT2D eigenvalue weighted by Crippen LogP contribution is 2.23. The van der Waals surface area contributed by atoms with Crippen LogP contribution < -0.4 is 0 Å². The SMILES string of the molecule is CC(=O)c1ccc(Cc2ccc(C=O)c(O)c2)cc1O. The van der Waals surface area contributed by atoms with Gasteiger partial charge in [-0.25, -0.2) is 0 Å². The van der Waals surface area contributed by atoms with Gasteiger partial charge in [-0.15, -0.1) is 0 Å². The molecule has 0 saturated carbocycles. The van der Waals surface area contributed by atoms with Crippen LogP contribution in [0.15, 0.2) is 36.4 Å². The molecule has 0 amide bonds. The van der Waals surface area contributed by atoms with E-state index in [4.69, 9.17) is 0 Å². The second kappa shape index (κ2) is 5.57. The number of ketones is 1. The molecule has 0 aliphatic rings. The molecule has 0 atom stereocenters. The molecule has 0 unspecified atom stereocenters. The van der Waals surface area contributed by atoms with E-state index in [1.54, 1.807) is 24.3 Å². The molecule has 2 aromatic rings. The maximum atomic E-state index is 11.2. The van der Waals surface area contributed by atoms with Gasteiger partial charge in [-0.1, -0.05) is 12.1 Å². The van der Waals surface area contributed by atoms with E-state index < -0.39 is 0 Å². The molecule has 4 heteroatoms. The second-order valence-corrected chi connectivity index (χ2v) is 4.60. The van der Waals surface area contributed by atoms with E-state index in [-0.39, 0.29) is 28.4 Å². The van der Waals surface area contributed by atoms with Gasteiger partial charge in [-0.3, -0.25) is 9.59 Å². The van der Waals surface area contributed by atoms with Crippen molar-refractivity contribution in [3.8, 4) is 11.5 Å². The highest BCUT2D eigenvalue weighted by Gasteiger charge is 2.08. The summed E-state index contributed by atoms with van der Waals surface area (Å²) in [6.07, 6.45) is 1.07. The Bertz CT molecular complexity index is 674. The Kier molecular flexibility index (Phi) is 3.84. The maximum absolute atomic E-state index is 11.2. The minimum atomic E-state index is -0.193. The number of hydrogen-bond donors (Lipinski definition) is 2. The highest BCUT2D eigenvalue weighted by molar-refractivity contribution is 5.96. The van der Waals surface area contributed by atoms with Gasteiger partial charge in [0.2, 0.25) is 0 Å². The summed E-state index contributed by atoms with van der Waals surface area (Å²) in [7, 11) is 0. The number of phenols is 2. The van der Waals surface area contributed by atoms with Gasteiger partial charge in [0.05, 0.1) is 11.1 Å². The Morgan fingerprint density at radius 3 is 2.15 bits per heavy atom. The summed E-state index contributed by atoms with van der Waals surface area (Å²) >= 11 is 0. The lowest BCUT2D eigenvalue weighted by Gasteiger charge is -2.06. The van der Waals surface area contributed by atoms with E-state index >= 15 is 0 Å². The van der Waals surface area contributed by atoms with Crippen molar-refractivity contribution < 1.29 is 19.8 Å². The molecule has 0 heterocycles. The largest absolute Gasteiger partial charge is 0.507 e. The summed E-state index contributed by atoms with van der Waals surface area (Å²) in [4.78, 5) is 21.8. The molecule has 0 aliphatic carbocycles. The second-order valence-electron chi connectivity index (χ2n) is 4.60. The summed E-state index contributed by atoms with van der Waals surface area (Å²) in [5.41, 5.74) is 2.14. The first-order valence-corrected chi connectivity index (χ1v) is 6.11. The Hall–Kier alpha value is -2.62. The molecule has 4 nitrogen and oxygen atoms in total. The number of phenolic OH excluding ortho intramolecular Hbond substituents is 2. The highest BCUT2D eigenvalue weighted by atomic mass is 16.3. The Morgan fingerprint density at radius 1 is 1.05 bits per heavy atom. The number of aromatic hydroxyl groups is 2. The third kappa shape index (κ3) is 2.85. The molecule has 2 aromatic carbocycles. The lowest BCUT2D eigenvalue weighted by molar-refractivity contribution is 0.101. The van der Waals surface area contributed by atoms with Crippen molar-refractivity contribution >= 4 is 12.1 Å². The molecule has 0 saturated heterocycles. The normalized spacial score (nSPS) is 10.2. The first-order valence-electron chi connectivity index (χ1n) is 6.11. The molecule has 0 bridgehead atoms. The zero-order valence-corrected chi connectivity index (χ0v) is 11.0. The Morgan fingerprint density at radius 2 is 1.65 bits per heavy atom. The minimum absolute atomic E-state index is 0.0521. The van der Waals surface area contributed by atoms with Crippen molar-refractivity contribution in [2.24, 2.45) is 0 Å². The van der Waals surface area contributed by atoms with Gasteiger partial charge in [-0.2, -0.15) is 0 Å². The van der Waals surface area contributed by atoms with Crippen molar-refractivity contribution in [3.05, 3.63) is 58.7 Å². The molecule has 0 spiro atoms. The van der Waals surface area contributed by atoms with E-state index in [1.807, 2.05) is 0 Å². The average Bonchev–Trinajstić information content (AvgIpc) is 2.38. The van der Waals surface area contributed by atoms with E-state index in [9.17, 15) is 19.8 Å². The number of hydrogen-bond acceptors (Lipinski definition) is 4. The fourth-order valence-electron chi connectivity index (χ4n) is 2.02. The van der Waals surface area contributed by atoms with E-state index in [1.165, 1.54) is 19.1 Å². The zero-order valence-electron chi connectivity index (χ0n) is 11.0. The number of rotatable bonds is 4. The minimum Gasteiger partial charge on any atom is -0.507 e. The van der Waals surface area contributed by atoms with E-state index in [2.05, 4.69) is 0 Å². The summed E-state index contributed by atoms with van der Waals surface area (Å²) in [5, 5.41) is 19.4. The zero-order chi connectivity index (χ0) is 14.7. The van der Waals surface area contributed by atoms with Gasteiger partial charge in [0, 0.05) is 0 Å². The topological polar surface area (TPSA) is 74.6 Å². The maximum Gasteiger partial charge on any atom is 0.163 e. The van der Waals surface area contributed by atoms with Crippen LogP contribution in [0.1, 0.15) is 38.8 Å². The predicted octanol–water partition coefficient (Wildman–Crippen LogP) is 2.70. The van der Waals surface area contributed by atoms with Crippen LogP contribution in [0.2, 0.25) is 0 Å². The van der Waals surface area contributed by atoms with Crippen LogP contribution in [-0.4, -0.2) is 22.3 Å². The number of benzene rings is 2. The summed E-state index contributed by atoms with van der Waals surface area (Å²) in [6, 6.07) is 9.65. The third-order valence-corrected chi connectivity index (χ3v) is 3.07. The quantitative estimate of drug-likeness (QED) is 0.661. The lowest BCUT2D eigenvalue weighted by atomic mass is 10.0. The molecule has 102 valence electrons. The first kappa shape index (κ1) is 13.8. The molecule has 0 aliphatic heterocycles. The molecule has 0 aromatic heterocycles. The fourth-order valence-corrected chi connectivity index (χ4v) is 2.02. The monoisotopic (exact) mass is 270 g/mol. The van der Waals surface area contributed by atoms with E-state index in [0.29, 0.717) is 12.7 Å². The number of carbonyl (C=O) groups is 2. The van der Waals surface area contributed by atoms with Gasteiger partial charge in [0.1, 0.15) is 11.5 Å². The van der Waals surface area contributed by atoms with Crippen molar-refractivity contribution in [1.82, 2.24) is 0 Å². The number of aldehydes is 1. The van der Waals surface area contributed by atoms with Crippen LogP contribution in [0, 0.1) is 0 Å².